The smallest absolute Gasteiger partial charge is 0.191 e. The zero-order valence-electron chi connectivity index (χ0n) is 17.3. The average molecular weight is 526 g/mol. The number of nitrogens with zero attached hydrogens (tertiary/aromatic N) is 1. The van der Waals surface area contributed by atoms with E-state index < -0.39 is 10.8 Å². The number of nitrogens with one attached hydrogen (secondary N) is 2. The Morgan fingerprint density at radius 2 is 1.83 bits per heavy atom. The standard InChI is InChI=1S/C23H31N3OS.HI/c1-18(21-13-12-20-10-6-7-11-22(20)16-21)26-23(24-2)25-14-15-28(27)17-19-8-4-3-5-9-19;/h3-5,8-9,12-13,16,18H,6-7,10-11,14-15,17H2,1-2H3,(H2,24,25,26);1H. The van der Waals surface area contributed by atoms with Crippen LogP contribution in [0.5, 0.6) is 0 Å². The molecule has 3 rings (SSSR count). The molecule has 0 aromatic heterocycles. The van der Waals surface area contributed by atoms with Crippen LogP contribution >= 0.6 is 24.0 Å². The van der Waals surface area contributed by atoms with Crippen molar-refractivity contribution in [1.29, 1.82) is 0 Å². The van der Waals surface area contributed by atoms with Gasteiger partial charge in [0, 0.05) is 35.9 Å². The molecule has 2 atom stereocenters. The molecule has 1 aliphatic rings. The minimum Gasteiger partial charge on any atom is -0.355 e. The number of fused-ring (bicyclic) bond motifs is 1. The minimum atomic E-state index is -0.885. The number of hydrogen-bond donors (Lipinski definition) is 2. The third-order valence-electron chi connectivity index (χ3n) is 5.24. The fourth-order valence-electron chi connectivity index (χ4n) is 3.62. The molecule has 29 heavy (non-hydrogen) atoms. The molecule has 2 aromatic carbocycles. The Morgan fingerprint density at radius 3 is 2.55 bits per heavy atom. The topological polar surface area (TPSA) is 53.5 Å². The van der Waals surface area contributed by atoms with Crippen LogP contribution in [-0.2, 0) is 29.4 Å². The summed E-state index contributed by atoms with van der Waals surface area (Å²) in [7, 11) is 0.889. The fraction of sp³-hybridized carbons (Fsp3) is 0.435. The molecule has 0 radical (unpaired) electrons. The minimum absolute atomic E-state index is 0. The molecule has 0 heterocycles. The SMILES string of the molecule is CN=C(NCCS(=O)Cc1ccccc1)NC(C)c1ccc2c(c1)CCCC2.I. The predicted molar refractivity (Wildman–Crippen MR) is 135 cm³/mol. The molecule has 0 bridgehead atoms. The van der Waals surface area contributed by atoms with Crippen molar-refractivity contribution in [2.45, 2.75) is 44.4 Å². The zero-order chi connectivity index (χ0) is 19.8. The normalized spacial score (nSPS) is 15.6. The van der Waals surface area contributed by atoms with Crippen molar-refractivity contribution >= 4 is 40.7 Å². The number of halogens is 1. The van der Waals surface area contributed by atoms with Crippen molar-refractivity contribution in [3.63, 3.8) is 0 Å². The van der Waals surface area contributed by atoms with E-state index in [1.54, 1.807) is 7.05 Å². The summed E-state index contributed by atoms with van der Waals surface area (Å²) in [4.78, 5) is 4.32. The van der Waals surface area contributed by atoms with Crippen LogP contribution in [0.3, 0.4) is 0 Å². The van der Waals surface area contributed by atoms with E-state index in [0.29, 0.717) is 18.1 Å². The molecule has 4 nitrogen and oxygen atoms in total. The van der Waals surface area contributed by atoms with Gasteiger partial charge in [0.05, 0.1) is 6.04 Å². The van der Waals surface area contributed by atoms with Gasteiger partial charge in [-0.1, -0.05) is 48.5 Å². The van der Waals surface area contributed by atoms with Crippen molar-refractivity contribution in [2.24, 2.45) is 4.99 Å². The molecule has 2 N–H and O–H groups in total. The molecule has 0 saturated carbocycles. The van der Waals surface area contributed by atoms with E-state index in [4.69, 9.17) is 0 Å². The summed E-state index contributed by atoms with van der Waals surface area (Å²) >= 11 is 0. The van der Waals surface area contributed by atoms with Gasteiger partial charge in [0.15, 0.2) is 5.96 Å². The zero-order valence-corrected chi connectivity index (χ0v) is 20.5. The van der Waals surface area contributed by atoms with E-state index in [-0.39, 0.29) is 30.0 Å². The molecule has 0 fully saturated rings. The number of aliphatic imine (C=N–C) groups is 1. The maximum absolute atomic E-state index is 12.3. The fourth-order valence-corrected chi connectivity index (χ4v) is 4.66. The maximum atomic E-state index is 12.3. The molecule has 0 amide bonds. The first-order chi connectivity index (χ1) is 13.7. The first-order valence-electron chi connectivity index (χ1n) is 10.1. The Balaban J connectivity index is 0.00000300. The molecule has 0 saturated heterocycles. The lowest BCUT2D eigenvalue weighted by molar-refractivity contribution is 0.665. The highest BCUT2D eigenvalue weighted by atomic mass is 127. The molecule has 1 aliphatic carbocycles. The van der Waals surface area contributed by atoms with Crippen LogP contribution < -0.4 is 10.6 Å². The maximum Gasteiger partial charge on any atom is 0.191 e. The molecule has 158 valence electrons. The van der Waals surface area contributed by atoms with E-state index in [0.717, 1.165) is 11.5 Å². The lowest BCUT2D eigenvalue weighted by Crippen LogP contribution is -2.40. The quantitative estimate of drug-likeness (QED) is 0.321. The third-order valence-corrected chi connectivity index (χ3v) is 6.56. The van der Waals surface area contributed by atoms with Crippen molar-refractivity contribution in [3.05, 3.63) is 70.8 Å². The highest BCUT2D eigenvalue weighted by Gasteiger charge is 2.13. The van der Waals surface area contributed by atoms with Gasteiger partial charge < -0.3 is 10.6 Å². The number of hydrogen-bond acceptors (Lipinski definition) is 2. The van der Waals surface area contributed by atoms with E-state index in [2.05, 4.69) is 40.7 Å². The second-order valence-electron chi connectivity index (χ2n) is 7.37. The average Bonchev–Trinajstić information content (AvgIpc) is 2.73. The van der Waals surface area contributed by atoms with Crippen LogP contribution in [0.4, 0.5) is 0 Å². The lowest BCUT2D eigenvalue weighted by atomic mass is 9.89. The van der Waals surface area contributed by atoms with Crippen LogP contribution in [0, 0.1) is 0 Å². The van der Waals surface area contributed by atoms with Crippen molar-refractivity contribution in [3.8, 4) is 0 Å². The van der Waals surface area contributed by atoms with Gasteiger partial charge in [-0.2, -0.15) is 0 Å². The van der Waals surface area contributed by atoms with Crippen LogP contribution in [0.2, 0.25) is 0 Å². The number of benzene rings is 2. The highest BCUT2D eigenvalue weighted by molar-refractivity contribution is 14.0. The van der Waals surface area contributed by atoms with Gasteiger partial charge in [0.1, 0.15) is 0 Å². The predicted octanol–water partition coefficient (Wildman–Crippen LogP) is 4.36. The largest absolute Gasteiger partial charge is 0.355 e. The van der Waals surface area contributed by atoms with Gasteiger partial charge in [-0.3, -0.25) is 9.20 Å². The van der Waals surface area contributed by atoms with Gasteiger partial charge in [0.2, 0.25) is 0 Å². The van der Waals surface area contributed by atoms with Crippen LogP contribution in [0.15, 0.2) is 53.5 Å². The van der Waals surface area contributed by atoms with Gasteiger partial charge in [-0.25, -0.2) is 0 Å². The number of guanidine groups is 1. The van der Waals surface area contributed by atoms with E-state index >= 15 is 0 Å². The summed E-state index contributed by atoms with van der Waals surface area (Å²) in [6.07, 6.45) is 5.00. The van der Waals surface area contributed by atoms with Crippen LogP contribution in [0.1, 0.15) is 48.1 Å². The first-order valence-corrected chi connectivity index (χ1v) is 11.6. The molecular formula is C23H32IN3OS. The van der Waals surface area contributed by atoms with E-state index in [9.17, 15) is 4.21 Å². The monoisotopic (exact) mass is 525 g/mol. The Bertz CT molecular complexity index is 826. The molecule has 2 aromatic rings. The molecular weight excluding hydrogens is 493 g/mol. The van der Waals surface area contributed by atoms with Gasteiger partial charge >= 0.3 is 0 Å². The van der Waals surface area contributed by atoms with Gasteiger partial charge in [-0.05, 0) is 54.9 Å². The number of aryl methyl sites for hydroxylation is 2. The second kappa shape index (κ2) is 12.3. The Kier molecular flexibility index (Phi) is 10.1. The lowest BCUT2D eigenvalue weighted by Gasteiger charge is -2.21. The van der Waals surface area contributed by atoms with E-state index in [1.165, 1.54) is 42.4 Å². The Hall–Kier alpha value is -1.41. The summed E-state index contributed by atoms with van der Waals surface area (Å²) < 4.78 is 12.3. The Labute approximate surface area is 194 Å². The van der Waals surface area contributed by atoms with Crippen molar-refractivity contribution in [1.82, 2.24) is 10.6 Å². The summed E-state index contributed by atoms with van der Waals surface area (Å²) in [6.45, 7) is 2.79. The summed E-state index contributed by atoms with van der Waals surface area (Å²) in [5.74, 6) is 1.95. The van der Waals surface area contributed by atoms with Crippen molar-refractivity contribution < 1.29 is 4.21 Å². The third kappa shape index (κ3) is 7.41. The highest BCUT2D eigenvalue weighted by Crippen LogP contribution is 2.24. The van der Waals surface area contributed by atoms with E-state index in [1.807, 2.05) is 30.3 Å². The molecule has 2 unspecified atom stereocenters. The van der Waals surface area contributed by atoms with Crippen molar-refractivity contribution in [2.75, 3.05) is 19.3 Å². The number of rotatable bonds is 7. The van der Waals surface area contributed by atoms with Crippen LogP contribution in [-0.4, -0.2) is 29.5 Å². The molecule has 0 aliphatic heterocycles. The summed E-state index contributed by atoms with van der Waals surface area (Å²) in [5, 5.41) is 6.75. The summed E-state index contributed by atoms with van der Waals surface area (Å²) in [5.41, 5.74) is 5.41. The molecule has 0 spiro atoms. The Morgan fingerprint density at radius 1 is 1.10 bits per heavy atom. The summed E-state index contributed by atoms with van der Waals surface area (Å²) in [6, 6.07) is 17.0. The van der Waals surface area contributed by atoms with Gasteiger partial charge in [0.25, 0.3) is 0 Å². The van der Waals surface area contributed by atoms with Crippen LogP contribution in [0.25, 0.3) is 0 Å². The second-order valence-corrected chi connectivity index (χ2v) is 8.95. The molecule has 6 heteroatoms. The van der Waals surface area contributed by atoms with Gasteiger partial charge in [-0.15, -0.1) is 24.0 Å². The first kappa shape index (κ1) is 23.9.